The molecule has 5 rings (SSSR count). The molecule has 10 nitrogen and oxygen atoms in total. The molecule has 0 bridgehead atoms. The molecule has 2 saturated heterocycles. The number of rotatable bonds is 5. The maximum absolute atomic E-state index is 13.4. The van der Waals surface area contributed by atoms with Crippen LogP contribution in [0.25, 0.3) is 11.1 Å². The predicted octanol–water partition coefficient (Wildman–Crippen LogP) is 4.66. The lowest BCUT2D eigenvalue weighted by atomic mass is 9.75. The number of carbonyl (C=O) groups is 3. The number of methoxy groups -OCH3 is 1. The van der Waals surface area contributed by atoms with Crippen LogP contribution in [0.15, 0.2) is 42.5 Å². The van der Waals surface area contributed by atoms with Crippen LogP contribution >= 0.6 is 0 Å². The van der Waals surface area contributed by atoms with Gasteiger partial charge in [0, 0.05) is 70.0 Å². The summed E-state index contributed by atoms with van der Waals surface area (Å²) < 4.78 is 74.5. The summed E-state index contributed by atoms with van der Waals surface area (Å²) in [5, 5.41) is 14.2. The molecule has 260 valence electrons. The summed E-state index contributed by atoms with van der Waals surface area (Å²) in [6.45, 7) is 7.40. The van der Waals surface area contributed by atoms with E-state index in [0.717, 1.165) is 76.8 Å². The Kier molecular flexibility index (Phi) is 12.6. The van der Waals surface area contributed by atoms with Crippen LogP contribution in [0, 0.1) is 0 Å². The first-order valence-corrected chi connectivity index (χ1v) is 14.6. The van der Waals surface area contributed by atoms with Gasteiger partial charge in [-0.3, -0.25) is 4.79 Å². The third-order valence-electron chi connectivity index (χ3n) is 8.22. The number of anilines is 1. The second-order valence-corrected chi connectivity index (χ2v) is 11.3. The zero-order chi connectivity index (χ0) is 35.0. The Bertz CT molecular complexity index is 1350. The van der Waals surface area contributed by atoms with Gasteiger partial charge < -0.3 is 34.4 Å². The van der Waals surface area contributed by atoms with Gasteiger partial charge in [-0.05, 0) is 60.8 Å². The number of hydrogen-bond donors (Lipinski definition) is 2. The van der Waals surface area contributed by atoms with Gasteiger partial charge in [0.05, 0.1) is 7.11 Å². The number of alkyl halides is 6. The second-order valence-electron chi connectivity index (χ2n) is 11.3. The number of amides is 1. The van der Waals surface area contributed by atoms with Crippen molar-refractivity contribution < 1.29 is 60.4 Å². The molecule has 3 heterocycles. The summed E-state index contributed by atoms with van der Waals surface area (Å²) in [6.07, 6.45) is -7.65. The van der Waals surface area contributed by atoms with Crippen LogP contribution in [0.1, 0.15) is 24.8 Å². The number of ether oxygens (including phenoxy) is 2. The van der Waals surface area contributed by atoms with Crippen molar-refractivity contribution in [2.45, 2.75) is 37.0 Å². The lowest BCUT2D eigenvalue weighted by Crippen LogP contribution is -2.46. The average molecular weight is 678 g/mol. The van der Waals surface area contributed by atoms with E-state index >= 15 is 0 Å². The number of aliphatic carboxylic acids is 2. The summed E-state index contributed by atoms with van der Waals surface area (Å²) in [7, 11) is 3.85. The van der Waals surface area contributed by atoms with E-state index in [-0.39, 0.29) is 11.3 Å². The largest absolute Gasteiger partial charge is 0.497 e. The van der Waals surface area contributed by atoms with Gasteiger partial charge in [-0.1, -0.05) is 18.2 Å². The highest BCUT2D eigenvalue weighted by Crippen LogP contribution is 2.48. The molecule has 3 aliphatic rings. The van der Waals surface area contributed by atoms with Crippen molar-refractivity contribution in [1.82, 2.24) is 9.80 Å². The van der Waals surface area contributed by atoms with Crippen LogP contribution in [-0.2, 0) is 24.5 Å². The summed E-state index contributed by atoms with van der Waals surface area (Å²) in [4.78, 5) is 38.0. The van der Waals surface area contributed by atoms with Gasteiger partial charge in [-0.25, -0.2) is 9.59 Å². The first kappa shape index (κ1) is 37.6. The quantitative estimate of drug-likeness (QED) is 0.436. The first-order valence-electron chi connectivity index (χ1n) is 14.6. The van der Waals surface area contributed by atoms with Crippen molar-refractivity contribution in [2.24, 2.45) is 0 Å². The second kappa shape index (κ2) is 15.8. The van der Waals surface area contributed by atoms with Gasteiger partial charge >= 0.3 is 24.3 Å². The summed E-state index contributed by atoms with van der Waals surface area (Å²) in [5.41, 5.74) is 4.76. The fourth-order valence-electron chi connectivity index (χ4n) is 5.50. The molecule has 2 aromatic rings. The van der Waals surface area contributed by atoms with Crippen LogP contribution in [0.5, 0.6) is 5.75 Å². The molecule has 0 saturated carbocycles. The van der Waals surface area contributed by atoms with E-state index < -0.39 is 24.3 Å². The lowest BCUT2D eigenvalue weighted by Gasteiger charge is -2.34. The highest BCUT2D eigenvalue weighted by molar-refractivity contribution is 5.97. The number of fused-ring (bicyclic) bond motifs is 2. The summed E-state index contributed by atoms with van der Waals surface area (Å²) in [6, 6.07) is 14.8. The maximum Gasteiger partial charge on any atom is 0.490 e. The highest BCUT2D eigenvalue weighted by Gasteiger charge is 2.45. The molecule has 0 aliphatic carbocycles. The standard InChI is InChI=1S/C27H35N3O3.2C2HF3O2/c1-28-13-15-29(16-14-28)12-9-26(31)30-20-27(10-17-33-18-11-27)24-19-22(5-8-25(24)30)21-3-6-23(32-2)7-4-21;2*3-2(4,5)1(6)7/h3-8,19H,9-18,20H2,1-2H3;2*(H,6,7). The molecule has 0 aromatic heterocycles. The minimum absolute atomic E-state index is 0.000437. The van der Waals surface area contributed by atoms with Crippen molar-refractivity contribution >= 4 is 23.5 Å². The molecule has 2 fully saturated rings. The van der Waals surface area contributed by atoms with E-state index in [0.29, 0.717) is 6.42 Å². The third-order valence-corrected chi connectivity index (χ3v) is 8.22. The van der Waals surface area contributed by atoms with E-state index in [2.05, 4.69) is 52.1 Å². The Morgan fingerprint density at radius 2 is 1.36 bits per heavy atom. The molecule has 1 spiro atoms. The lowest BCUT2D eigenvalue weighted by molar-refractivity contribution is -0.193. The first-order chi connectivity index (χ1) is 22.0. The van der Waals surface area contributed by atoms with Crippen LogP contribution in [0.2, 0.25) is 0 Å². The summed E-state index contributed by atoms with van der Waals surface area (Å²) >= 11 is 0. The number of carboxylic acids is 2. The van der Waals surface area contributed by atoms with E-state index in [1.165, 1.54) is 16.7 Å². The van der Waals surface area contributed by atoms with Crippen LogP contribution in [0.4, 0.5) is 32.0 Å². The Morgan fingerprint density at radius 3 is 1.85 bits per heavy atom. The van der Waals surface area contributed by atoms with Crippen molar-refractivity contribution in [3.8, 4) is 16.9 Å². The number of carboxylic acid groups (broad SMARTS) is 2. The number of nitrogens with zero attached hydrogens (tertiary/aromatic N) is 3. The molecule has 0 radical (unpaired) electrons. The Hall–Kier alpha value is -3.89. The molecular weight excluding hydrogens is 640 g/mol. The molecular formula is C31H37F6N3O7. The molecule has 2 N–H and O–H groups in total. The molecule has 47 heavy (non-hydrogen) atoms. The number of carbonyl (C=O) groups excluding carboxylic acids is 1. The van der Waals surface area contributed by atoms with Gasteiger partial charge in [0.25, 0.3) is 0 Å². The smallest absolute Gasteiger partial charge is 0.490 e. The van der Waals surface area contributed by atoms with Crippen LogP contribution in [0.3, 0.4) is 0 Å². The van der Waals surface area contributed by atoms with E-state index in [4.69, 9.17) is 29.3 Å². The Labute approximate surface area is 267 Å². The van der Waals surface area contributed by atoms with Crippen molar-refractivity contribution in [3.63, 3.8) is 0 Å². The maximum atomic E-state index is 13.4. The molecule has 1 amide bonds. The molecule has 3 aliphatic heterocycles. The zero-order valence-electron chi connectivity index (χ0n) is 25.9. The minimum Gasteiger partial charge on any atom is -0.497 e. The number of piperazine rings is 1. The topological polar surface area (TPSA) is 120 Å². The number of likely N-dealkylation sites (N-methyl/N-ethyl adjacent to an activating group) is 1. The number of benzene rings is 2. The van der Waals surface area contributed by atoms with Crippen molar-refractivity contribution in [3.05, 3.63) is 48.0 Å². The van der Waals surface area contributed by atoms with Gasteiger partial charge in [-0.2, -0.15) is 26.3 Å². The molecule has 16 heteroatoms. The Balaban J connectivity index is 0.000000360. The molecule has 2 aromatic carbocycles. The van der Waals surface area contributed by atoms with Gasteiger partial charge in [0.2, 0.25) is 5.91 Å². The number of halogens is 6. The van der Waals surface area contributed by atoms with E-state index in [9.17, 15) is 31.1 Å². The average Bonchev–Trinajstić information content (AvgIpc) is 3.33. The highest BCUT2D eigenvalue weighted by atomic mass is 19.4. The fraction of sp³-hybridized carbons (Fsp3) is 0.516. The van der Waals surface area contributed by atoms with E-state index in [1.807, 2.05) is 12.1 Å². The van der Waals surface area contributed by atoms with Gasteiger partial charge in [-0.15, -0.1) is 0 Å². The van der Waals surface area contributed by atoms with Crippen molar-refractivity contribution in [1.29, 1.82) is 0 Å². The van der Waals surface area contributed by atoms with Crippen LogP contribution in [-0.4, -0.2) is 117 Å². The minimum atomic E-state index is -5.08. The Morgan fingerprint density at radius 1 is 0.851 bits per heavy atom. The predicted molar refractivity (Wildman–Crippen MR) is 158 cm³/mol. The normalized spacial score (nSPS) is 17.9. The fourth-order valence-corrected chi connectivity index (χ4v) is 5.50. The van der Waals surface area contributed by atoms with Gasteiger partial charge in [0.15, 0.2) is 0 Å². The zero-order valence-corrected chi connectivity index (χ0v) is 25.9. The van der Waals surface area contributed by atoms with E-state index in [1.54, 1.807) is 7.11 Å². The monoisotopic (exact) mass is 677 g/mol. The SMILES string of the molecule is COc1ccc(-c2ccc3c(c2)C2(CCOCC2)CN3C(=O)CCN2CCN(C)CC2)cc1.O=C(O)C(F)(F)F.O=C(O)C(F)(F)F. The third kappa shape index (κ3) is 10.3. The van der Waals surface area contributed by atoms with Crippen molar-refractivity contribution in [2.75, 3.05) is 71.5 Å². The van der Waals surface area contributed by atoms with Gasteiger partial charge in [0.1, 0.15) is 5.75 Å². The van der Waals surface area contributed by atoms with Crippen LogP contribution < -0.4 is 9.64 Å². The molecule has 0 unspecified atom stereocenters. The summed E-state index contributed by atoms with van der Waals surface area (Å²) in [5.74, 6) is -4.41. The number of hydrogen-bond acceptors (Lipinski definition) is 7. The molecule has 0 atom stereocenters.